The second-order valence-electron chi connectivity index (χ2n) is 1.97. The van der Waals surface area contributed by atoms with Crippen molar-refractivity contribution in [3.05, 3.63) is 12.4 Å². The van der Waals surface area contributed by atoms with Crippen LogP contribution < -0.4 is 59.1 Å². The molecule has 8 heteroatoms. The van der Waals surface area contributed by atoms with Gasteiger partial charge in [0.2, 0.25) is 0 Å². The van der Waals surface area contributed by atoms with Crippen molar-refractivity contribution < 1.29 is 74.9 Å². The maximum absolute atomic E-state index is 10.5. The van der Waals surface area contributed by atoms with Gasteiger partial charge in [0.15, 0.2) is 0 Å². The van der Waals surface area contributed by atoms with E-state index in [0.29, 0.717) is 6.54 Å². The summed E-state index contributed by atoms with van der Waals surface area (Å²) < 4.78 is 31.0. The Morgan fingerprint density at radius 2 is 2.15 bits per heavy atom. The third kappa shape index (κ3) is 4.44. The molecule has 0 aliphatic carbocycles. The van der Waals surface area contributed by atoms with E-state index in [0.717, 1.165) is 0 Å². The van der Waals surface area contributed by atoms with E-state index in [4.69, 9.17) is 4.55 Å². The summed E-state index contributed by atoms with van der Waals surface area (Å²) in [6.45, 7) is 2.23. The molecule has 1 rings (SSSR count). The molecule has 5 nitrogen and oxygen atoms in total. The number of aryl methyl sites for hydroxylation is 1. The average molecular weight is 224 g/mol. The van der Waals surface area contributed by atoms with Gasteiger partial charge >= 0.3 is 69.2 Å². The van der Waals surface area contributed by atoms with Crippen LogP contribution >= 0.6 is 0 Å². The van der Waals surface area contributed by atoms with Crippen LogP contribution in [0, 0.1) is 0 Å². The second-order valence-corrected chi connectivity index (χ2v) is 3.29. The summed E-state index contributed by atoms with van der Waals surface area (Å²) in [4.78, 5) is 3.48. The van der Waals surface area contributed by atoms with Crippen LogP contribution in [0.2, 0.25) is 0 Å². The Labute approximate surface area is 124 Å². The average Bonchev–Trinajstić information content (AvgIpc) is 2.31. The zero-order valence-corrected chi connectivity index (χ0v) is 12.7. The van der Waals surface area contributed by atoms with Crippen molar-refractivity contribution in [3.63, 3.8) is 0 Å². The fourth-order valence-corrected chi connectivity index (χ4v) is 1.45. The molecule has 0 radical (unpaired) electrons. The van der Waals surface area contributed by atoms with Crippen molar-refractivity contribution in [3.8, 4) is 0 Å². The van der Waals surface area contributed by atoms with Crippen LogP contribution in [0.3, 0.4) is 0 Å². The van der Waals surface area contributed by atoms with Crippen LogP contribution in [0.1, 0.15) is 9.78 Å². The molecule has 0 aliphatic heterocycles. The van der Waals surface area contributed by atoms with E-state index in [2.05, 4.69) is 4.98 Å². The minimum absolute atomic E-state index is 0. The molecule has 1 aromatic heterocycles. The van der Waals surface area contributed by atoms with Gasteiger partial charge in [-0.2, -0.15) is 8.42 Å². The molecule has 1 heterocycles. The molecule has 0 amide bonds. The summed E-state index contributed by atoms with van der Waals surface area (Å²) in [5.41, 5.74) is 0. The van der Waals surface area contributed by atoms with Crippen molar-refractivity contribution in [1.82, 2.24) is 9.55 Å². The monoisotopic (exact) mass is 224 g/mol. The number of hydrogen-bond donors (Lipinski definition) is 1. The van der Waals surface area contributed by atoms with Crippen molar-refractivity contribution in [2.45, 2.75) is 18.6 Å². The predicted molar refractivity (Wildman–Crippen MR) is 39.9 cm³/mol. The standard InChI is InChI=1S/C5H8N2O3S.2Na.2H/c1-2-7-4-3-6-5(7)11(8,9)10;;;;/h3-4H,2H2,1H3,(H,8,9,10);;;;/q;2*+1;2*-1. The SMILES string of the molecule is CCn1ccnc1S(=O)(=O)O.[H-].[H-].[Na+].[Na+]. The second kappa shape index (κ2) is 6.58. The van der Waals surface area contributed by atoms with Gasteiger partial charge in [0.1, 0.15) is 0 Å². The summed E-state index contributed by atoms with van der Waals surface area (Å²) in [6, 6.07) is 0. The van der Waals surface area contributed by atoms with Gasteiger partial charge < -0.3 is 7.42 Å². The fraction of sp³-hybridized carbons (Fsp3) is 0.400. The number of nitrogens with zero attached hydrogens (tertiary/aromatic N) is 2. The molecule has 0 aliphatic rings. The Kier molecular flexibility index (Phi) is 8.37. The fourth-order valence-electron chi connectivity index (χ4n) is 0.771. The molecule has 0 aromatic carbocycles. The minimum atomic E-state index is -4.15. The van der Waals surface area contributed by atoms with E-state index in [-0.39, 0.29) is 67.1 Å². The molecule has 0 spiro atoms. The van der Waals surface area contributed by atoms with E-state index in [9.17, 15) is 8.42 Å². The molecule has 1 aromatic rings. The number of aromatic nitrogens is 2. The molecule has 0 saturated heterocycles. The largest absolute Gasteiger partial charge is 1.00 e. The third-order valence-electron chi connectivity index (χ3n) is 1.25. The zero-order chi connectivity index (χ0) is 8.48. The van der Waals surface area contributed by atoms with E-state index in [1.54, 1.807) is 6.92 Å². The molecule has 0 saturated carbocycles. The smallest absolute Gasteiger partial charge is 1.00 e. The zero-order valence-electron chi connectivity index (χ0n) is 9.93. The first-order valence-corrected chi connectivity index (χ1v) is 4.48. The van der Waals surface area contributed by atoms with Gasteiger partial charge in [-0.05, 0) is 6.92 Å². The minimum Gasteiger partial charge on any atom is -1.00 e. The Hall–Kier alpha value is 1.12. The van der Waals surface area contributed by atoms with Crippen LogP contribution in [0.25, 0.3) is 0 Å². The maximum atomic E-state index is 10.5. The quantitative estimate of drug-likeness (QED) is 0.401. The van der Waals surface area contributed by atoms with Crippen LogP contribution in [0.5, 0.6) is 0 Å². The topological polar surface area (TPSA) is 72.2 Å². The van der Waals surface area contributed by atoms with Crippen molar-refractivity contribution in [2.75, 3.05) is 0 Å². The maximum Gasteiger partial charge on any atom is 1.00 e. The Morgan fingerprint density at radius 3 is 2.46 bits per heavy atom. The van der Waals surface area contributed by atoms with Gasteiger partial charge in [-0.1, -0.05) is 0 Å². The third-order valence-corrected chi connectivity index (χ3v) is 2.05. The van der Waals surface area contributed by atoms with Crippen LogP contribution in [-0.4, -0.2) is 22.5 Å². The summed E-state index contributed by atoms with van der Waals surface area (Å²) in [6.07, 6.45) is 2.82. The normalized spacial score (nSPS) is 10.0. The first kappa shape index (κ1) is 16.5. The summed E-state index contributed by atoms with van der Waals surface area (Å²) >= 11 is 0. The first-order valence-electron chi connectivity index (χ1n) is 3.04. The van der Waals surface area contributed by atoms with Gasteiger partial charge in [0.05, 0.1) is 0 Å². The first-order chi connectivity index (χ1) is 5.05. The predicted octanol–water partition coefficient (Wildman–Crippen LogP) is -5.62. The summed E-state index contributed by atoms with van der Waals surface area (Å²) in [7, 11) is -4.15. The van der Waals surface area contributed by atoms with Gasteiger partial charge in [-0.15, -0.1) is 0 Å². The summed E-state index contributed by atoms with van der Waals surface area (Å²) in [5.74, 6) is 0. The van der Waals surface area contributed by atoms with Crippen molar-refractivity contribution >= 4 is 10.1 Å². The van der Waals surface area contributed by atoms with Gasteiger partial charge in [0.25, 0.3) is 5.16 Å². The van der Waals surface area contributed by atoms with Gasteiger partial charge in [0, 0.05) is 18.9 Å². The molecule has 0 bridgehead atoms. The van der Waals surface area contributed by atoms with Gasteiger partial charge in [-0.25, -0.2) is 4.98 Å². The van der Waals surface area contributed by atoms with E-state index in [1.165, 1.54) is 17.0 Å². The molecular formula is C5H10N2Na2O3S. The van der Waals surface area contributed by atoms with Crippen molar-refractivity contribution in [2.24, 2.45) is 0 Å². The van der Waals surface area contributed by atoms with E-state index >= 15 is 0 Å². The van der Waals surface area contributed by atoms with Crippen LogP contribution in [-0.2, 0) is 16.7 Å². The van der Waals surface area contributed by atoms with Crippen LogP contribution in [0.4, 0.5) is 0 Å². The Bertz CT molecular complexity index is 357. The van der Waals surface area contributed by atoms with E-state index < -0.39 is 10.1 Å². The Balaban J connectivity index is -0.000000151. The molecule has 0 atom stereocenters. The Morgan fingerprint density at radius 1 is 1.62 bits per heavy atom. The van der Waals surface area contributed by atoms with Gasteiger partial charge in [-0.3, -0.25) is 4.55 Å². The van der Waals surface area contributed by atoms with E-state index in [1.807, 2.05) is 0 Å². The summed E-state index contributed by atoms with van der Waals surface area (Å²) in [5, 5.41) is -0.306. The number of hydrogen-bond acceptors (Lipinski definition) is 3. The van der Waals surface area contributed by atoms with Crippen LogP contribution in [0.15, 0.2) is 17.6 Å². The molecule has 13 heavy (non-hydrogen) atoms. The molecular weight excluding hydrogens is 214 g/mol. The van der Waals surface area contributed by atoms with Crippen molar-refractivity contribution in [1.29, 1.82) is 0 Å². The number of imidazole rings is 1. The molecule has 1 N–H and O–H groups in total. The molecule has 66 valence electrons. The molecule has 0 unspecified atom stereocenters. The molecule has 0 fully saturated rings. The number of rotatable bonds is 2.